The third kappa shape index (κ3) is 3.86. The standard InChI is InChI=1S/C29H20ClN3O2/c30-23-11-13-24(14-12-23)33-28(34)26(31-29(33)35)16-22-18-32(27-8-4-3-7-25(22)27)17-19-9-10-20-5-1-2-6-21(20)15-19/h1-16,18H,17H2,(H,31,35)/b26-16+. The number of nitrogens with one attached hydrogen (secondary N) is 1. The Kier molecular flexibility index (Phi) is 5.12. The SMILES string of the molecule is O=C1N/C(=C/c2cn(Cc3ccc4ccccc4c3)c3ccccc23)C(=O)N1c1ccc(Cl)cc1. The third-order valence-corrected chi connectivity index (χ3v) is 6.50. The van der Waals surface area contributed by atoms with Gasteiger partial charge in [-0.1, -0.05) is 66.2 Å². The Bertz CT molecular complexity index is 1650. The van der Waals surface area contributed by atoms with Crippen molar-refractivity contribution in [2.24, 2.45) is 0 Å². The van der Waals surface area contributed by atoms with Crippen LogP contribution in [-0.4, -0.2) is 16.5 Å². The second-order valence-electron chi connectivity index (χ2n) is 8.52. The number of carbonyl (C=O) groups excluding carboxylic acids is 2. The van der Waals surface area contributed by atoms with Crippen molar-refractivity contribution in [2.75, 3.05) is 4.90 Å². The summed E-state index contributed by atoms with van der Waals surface area (Å²) in [6.07, 6.45) is 3.77. The highest BCUT2D eigenvalue weighted by Gasteiger charge is 2.35. The first-order valence-corrected chi connectivity index (χ1v) is 11.6. The van der Waals surface area contributed by atoms with Crippen molar-refractivity contribution in [3.63, 3.8) is 0 Å². The van der Waals surface area contributed by atoms with Crippen molar-refractivity contribution in [3.8, 4) is 0 Å². The van der Waals surface area contributed by atoms with Gasteiger partial charge in [0, 0.05) is 34.2 Å². The summed E-state index contributed by atoms with van der Waals surface area (Å²) in [7, 11) is 0. The van der Waals surface area contributed by atoms with Crippen LogP contribution in [0.5, 0.6) is 0 Å². The molecular weight excluding hydrogens is 458 g/mol. The first kappa shape index (κ1) is 21.2. The van der Waals surface area contributed by atoms with Crippen LogP contribution in [0.25, 0.3) is 27.8 Å². The van der Waals surface area contributed by atoms with Crippen molar-refractivity contribution in [2.45, 2.75) is 6.54 Å². The fourth-order valence-electron chi connectivity index (χ4n) is 4.57. The molecule has 0 unspecified atom stereocenters. The lowest BCUT2D eigenvalue weighted by Crippen LogP contribution is -2.30. The topological polar surface area (TPSA) is 54.3 Å². The van der Waals surface area contributed by atoms with Gasteiger partial charge >= 0.3 is 6.03 Å². The Hall–Kier alpha value is -4.35. The van der Waals surface area contributed by atoms with E-state index in [0.29, 0.717) is 17.3 Å². The average molecular weight is 478 g/mol. The van der Waals surface area contributed by atoms with Crippen LogP contribution in [-0.2, 0) is 11.3 Å². The molecule has 0 saturated carbocycles. The van der Waals surface area contributed by atoms with Gasteiger partial charge in [0.1, 0.15) is 5.70 Å². The number of amides is 3. The number of halogens is 1. The van der Waals surface area contributed by atoms with Crippen molar-refractivity contribution in [1.82, 2.24) is 9.88 Å². The maximum Gasteiger partial charge on any atom is 0.333 e. The summed E-state index contributed by atoms with van der Waals surface area (Å²) in [6.45, 7) is 0.686. The predicted octanol–water partition coefficient (Wildman–Crippen LogP) is 6.59. The van der Waals surface area contributed by atoms with Crippen LogP contribution in [0.2, 0.25) is 5.02 Å². The molecule has 0 spiro atoms. The Morgan fingerprint density at radius 3 is 2.40 bits per heavy atom. The highest BCUT2D eigenvalue weighted by molar-refractivity contribution is 6.31. The minimum absolute atomic E-state index is 0.235. The summed E-state index contributed by atoms with van der Waals surface area (Å²) >= 11 is 5.95. The largest absolute Gasteiger partial charge is 0.342 e. The molecule has 170 valence electrons. The summed E-state index contributed by atoms with van der Waals surface area (Å²) in [4.78, 5) is 26.8. The van der Waals surface area contributed by atoms with Crippen LogP contribution < -0.4 is 10.2 Å². The normalized spacial score (nSPS) is 14.9. The van der Waals surface area contributed by atoms with Gasteiger partial charge in [0.2, 0.25) is 0 Å². The monoisotopic (exact) mass is 477 g/mol. The van der Waals surface area contributed by atoms with Gasteiger partial charge in [0.05, 0.1) is 5.69 Å². The number of fused-ring (bicyclic) bond motifs is 2. The molecule has 4 aromatic carbocycles. The van der Waals surface area contributed by atoms with E-state index in [4.69, 9.17) is 11.6 Å². The maximum atomic E-state index is 13.1. The number of imide groups is 1. The van der Waals surface area contributed by atoms with Crippen molar-refractivity contribution in [3.05, 3.63) is 119 Å². The number of aromatic nitrogens is 1. The van der Waals surface area contributed by atoms with Crippen LogP contribution in [0.1, 0.15) is 11.1 Å². The second kappa shape index (κ2) is 8.46. The fourth-order valence-corrected chi connectivity index (χ4v) is 4.70. The van der Waals surface area contributed by atoms with Gasteiger partial charge in [-0.15, -0.1) is 0 Å². The molecule has 1 saturated heterocycles. The van der Waals surface area contributed by atoms with Gasteiger partial charge in [-0.05, 0) is 58.8 Å². The summed E-state index contributed by atoms with van der Waals surface area (Å²) < 4.78 is 2.17. The zero-order valence-electron chi connectivity index (χ0n) is 18.6. The number of carbonyl (C=O) groups is 2. The van der Waals surface area contributed by atoms with E-state index in [2.05, 4.69) is 46.3 Å². The molecule has 2 heterocycles. The van der Waals surface area contributed by atoms with Crippen LogP contribution >= 0.6 is 11.6 Å². The van der Waals surface area contributed by atoms with Gasteiger partial charge < -0.3 is 9.88 Å². The molecule has 3 amide bonds. The van der Waals surface area contributed by atoms with Crippen LogP contribution in [0.3, 0.4) is 0 Å². The highest BCUT2D eigenvalue weighted by atomic mass is 35.5. The van der Waals surface area contributed by atoms with Gasteiger partial charge in [-0.25, -0.2) is 9.69 Å². The average Bonchev–Trinajstić information content (AvgIpc) is 3.36. The van der Waals surface area contributed by atoms with Gasteiger partial charge in [-0.3, -0.25) is 4.79 Å². The van der Waals surface area contributed by atoms with Gasteiger partial charge in [0.25, 0.3) is 5.91 Å². The third-order valence-electron chi connectivity index (χ3n) is 6.25. The van der Waals surface area contributed by atoms with E-state index in [0.717, 1.165) is 21.4 Å². The minimum Gasteiger partial charge on any atom is -0.342 e. The molecule has 6 rings (SSSR count). The van der Waals surface area contributed by atoms with Crippen LogP contribution in [0.4, 0.5) is 10.5 Å². The first-order valence-electron chi connectivity index (χ1n) is 11.2. The van der Waals surface area contributed by atoms with Crippen molar-refractivity contribution >= 4 is 57.0 Å². The van der Waals surface area contributed by atoms with E-state index in [9.17, 15) is 9.59 Å². The zero-order chi connectivity index (χ0) is 23.9. The van der Waals surface area contributed by atoms with Crippen LogP contribution in [0.15, 0.2) is 103 Å². The first-order chi connectivity index (χ1) is 17.1. The van der Waals surface area contributed by atoms with E-state index in [1.54, 1.807) is 30.3 Å². The van der Waals surface area contributed by atoms with E-state index >= 15 is 0 Å². The molecule has 6 heteroatoms. The molecule has 1 N–H and O–H groups in total. The smallest absolute Gasteiger partial charge is 0.333 e. The molecule has 0 bridgehead atoms. The number of rotatable bonds is 4. The number of hydrogen-bond acceptors (Lipinski definition) is 2. The van der Waals surface area contributed by atoms with Gasteiger partial charge in [0.15, 0.2) is 0 Å². The lowest BCUT2D eigenvalue weighted by molar-refractivity contribution is -0.113. The van der Waals surface area contributed by atoms with E-state index < -0.39 is 11.9 Å². The quantitative estimate of drug-likeness (QED) is 0.234. The fraction of sp³-hybridized carbons (Fsp3) is 0.0345. The lowest BCUT2D eigenvalue weighted by atomic mass is 10.1. The Balaban J connectivity index is 1.36. The van der Waals surface area contributed by atoms with E-state index in [-0.39, 0.29) is 5.70 Å². The predicted molar refractivity (Wildman–Crippen MR) is 140 cm³/mol. The number of benzene rings is 4. The molecule has 5 nitrogen and oxygen atoms in total. The summed E-state index contributed by atoms with van der Waals surface area (Å²) in [6, 6.07) is 29.0. The summed E-state index contributed by atoms with van der Waals surface area (Å²) in [5, 5.41) is 6.67. The molecule has 35 heavy (non-hydrogen) atoms. The molecule has 0 aliphatic carbocycles. The Labute approximate surface area is 206 Å². The van der Waals surface area contributed by atoms with E-state index in [1.807, 2.05) is 36.5 Å². The minimum atomic E-state index is -0.483. The molecule has 5 aromatic rings. The second-order valence-corrected chi connectivity index (χ2v) is 8.95. The Morgan fingerprint density at radius 2 is 1.57 bits per heavy atom. The number of hydrogen-bond donors (Lipinski definition) is 1. The number of nitrogens with zero attached hydrogens (tertiary/aromatic N) is 2. The Morgan fingerprint density at radius 1 is 0.829 bits per heavy atom. The molecule has 0 atom stereocenters. The van der Waals surface area contributed by atoms with Crippen LogP contribution in [0, 0.1) is 0 Å². The van der Waals surface area contributed by atoms with Crippen molar-refractivity contribution in [1.29, 1.82) is 0 Å². The lowest BCUT2D eigenvalue weighted by Gasteiger charge is -2.11. The summed E-state index contributed by atoms with van der Waals surface area (Å²) in [5.41, 5.74) is 3.81. The molecule has 0 radical (unpaired) electrons. The molecule has 1 aromatic heterocycles. The van der Waals surface area contributed by atoms with Gasteiger partial charge in [-0.2, -0.15) is 0 Å². The maximum absolute atomic E-state index is 13.1. The summed E-state index contributed by atoms with van der Waals surface area (Å²) in [5.74, 6) is -0.399. The number of para-hydroxylation sites is 1. The molecule has 1 fully saturated rings. The highest BCUT2D eigenvalue weighted by Crippen LogP contribution is 2.28. The zero-order valence-corrected chi connectivity index (χ0v) is 19.4. The van der Waals surface area contributed by atoms with E-state index in [1.165, 1.54) is 16.3 Å². The molecular formula is C29H20ClN3O2. The van der Waals surface area contributed by atoms with Crippen molar-refractivity contribution < 1.29 is 9.59 Å². The molecule has 1 aliphatic heterocycles. The number of anilines is 1. The molecule has 1 aliphatic rings. The number of urea groups is 1.